The predicted molar refractivity (Wildman–Crippen MR) is 121 cm³/mol. The molecule has 184 valence electrons. The minimum atomic E-state index is -5.11. The largest absolute Gasteiger partial charge is 0.484 e. The minimum Gasteiger partial charge on any atom is -0.484 e. The maximum atomic E-state index is 13.1. The quantitative estimate of drug-likeness (QED) is 0.536. The van der Waals surface area contributed by atoms with Crippen LogP contribution in [0.2, 0.25) is 5.02 Å². The molecule has 0 fully saturated rings. The minimum absolute atomic E-state index is 0.0249. The third kappa shape index (κ3) is 7.76. The van der Waals surface area contributed by atoms with Crippen molar-refractivity contribution >= 4 is 29.2 Å². The second-order valence-electron chi connectivity index (χ2n) is 8.05. The number of rotatable bonds is 10. The molecule has 2 aromatic carbocycles. The number of carbonyl (C=O) groups excluding carboxylic acids is 3. The van der Waals surface area contributed by atoms with Crippen molar-refractivity contribution in [3.63, 3.8) is 0 Å². The highest BCUT2D eigenvalue weighted by atomic mass is 35.5. The molecule has 0 aliphatic rings. The second kappa shape index (κ2) is 11.9. The average Bonchev–Trinajstić information content (AvgIpc) is 2.78. The summed E-state index contributed by atoms with van der Waals surface area (Å²) in [6, 6.07) is 12.1. The molecule has 0 saturated carbocycles. The number of hydrogen-bond donors (Lipinski definition) is 1. The summed E-state index contributed by atoms with van der Waals surface area (Å²) < 4.78 is 44.6. The van der Waals surface area contributed by atoms with Crippen molar-refractivity contribution < 1.29 is 32.3 Å². The number of likely N-dealkylation sites (N-methyl/N-ethyl adjacent to an activating group) is 1. The molecule has 6 nitrogen and oxygen atoms in total. The van der Waals surface area contributed by atoms with E-state index in [0.717, 1.165) is 4.90 Å². The maximum Gasteiger partial charge on any atom is 0.452 e. The molecule has 10 heteroatoms. The number of alkyl halides is 3. The summed E-state index contributed by atoms with van der Waals surface area (Å²) in [6.07, 6.45) is -5.08. The topological polar surface area (TPSA) is 75.7 Å². The van der Waals surface area contributed by atoms with E-state index in [0.29, 0.717) is 16.3 Å². The van der Waals surface area contributed by atoms with Crippen LogP contribution in [0.15, 0.2) is 54.6 Å². The third-order valence-corrected chi connectivity index (χ3v) is 5.36. The molecule has 2 amide bonds. The van der Waals surface area contributed by atoms with Crippen LogP contribution < -0.4 is 10.1 Å². The van der Waals surface area contributed by atoms with Crippen molar-refractivity contribution in [1.29, 1.82) is 0 Å². The molecule has 34 heavy (non-hydrogen) atoms. The van der Waals surface area contributed by atoms with E-state index in [-0.39, 0.29) is 6.42 Å². The van der Waals surface area contributed by atoms with Crippen LogP contribution in [-0.2, 0) is 20.8 Å². The van der Waals surface area contributed by atoms with Crippen LogP contribution in [0, 0.1) is 5.92 Å². The van der Waals surface area contributed by atoms with E-state index < -0.39 is 48.4 Å². The first kappa shape index (κ1) is 27.2. The van der Waals surface area contributed by atoms with Crippen LogP contribution in [-0.4, -0.2) is 54.4 Å². The smallest absolute Gasteiger partial charge is 0.452 e. The molecule has 0 aliphatic heterocycles. The molecule has 1 N–H and O–H groups in total. The zero-order valence-corrected chi connectivity index (χ0v) is 19.7. The van der Waals surface area contributed by atoms with Crippen molar-refractivity contribution in [2.75, 3.05) is 13.7 Å². The van der Waals surface area contributed by atoms with Crippen LogP contribution >= 0.6 is 11.6 Å². The van der Waals surface area contributed by atoms with Gasteiger partial charge in [0.05, 0.1) is 6.04 Å². The molecule has 0 radical (unpaired) electrons. The summed E-state index contributed by atoms with van der Waals surface area (Å²) in [6.45, 7) is 2.37. The van der Waals surface area contributed by atoms with Gasteiger partial charge in [0.2, 0.25) is 5.91 Å². The number of carbonyl (C=O) groups is 3. The van der Waals surface area contributed by atoms with Crippen LogP contribution in [0.3, 0.4) is 0 Å². The average molecular weight is 499 g/mol. The molecular formula is C24H26ClF3N2O4. The highest BCUT2D eigenvalue weighted by molar-refractivity contribution is 6.30. The Balaban J connectivity index is 2.22. The van der Waals surface area contributed by atoms with Crippen molar-refractivity contribution in [3.8, 4) is 5.75 Å². The second-order valence-corrected chi connectivity index (χ2v) is 8.48. The SMILES string of the molecule is CC(C)[C@H](NC(=O)[C@H](Cc1ccccc1)N(C)C(=O)COc1cccc(Cl)c1)C(=O)C(F)(F)F. The van der Waals surface area contributed by atoms with E-state index >= 15 is 0 Å². The lowest BCUT2D eigenvalue weighted by Gasteiger charge is -2.30. The van der Waals surface area contributed by atoms with Gasteiger partial charge in [-0.2, -0.15) is 13.2 Å². The number of Topliss-reactive ketones (excluding diaryl/α,β-unsaturated/α-hetero) is 1. The Hall–Kier alpha value is -3.07. The van der Waals surface area contributed by atoms with Crippen molar-refractivity contribution in [2.45, 2.75) is 38.5 Å². The molecule has 2 atom stereocenters. The molecule has 0 saturated heterocycles. The van der Waals surface area contributed by atoms with E-state index in [9.17, 15) is 27.6 Å². The van der Waals surface area contributed by atoms with Crippen molar-refractivity contribution in [3.05, 3.63) is 65.2 Å². The fourth-order valence-corrected chi connectivity index (χ4v) is 3.36. The van der Waals surface area contributed by atoms with E-state index in [1.54, 1.807) is 48.5 Å². The number of nitrogens with one attached hydrogen (secondary N) is 1. The number of hydrogen-bond acceptors (Lipinski definition) is 4. The normalized spacial score (nSPS) is 13.2. The fraction of sp³-hybridized carbons (Fsp3) is 0.375. The van der Waals surface area contributed by atoms with Gasteiger partial charge in [-0.1, -0.05) is 61.8 Å². The number of ether oxygens (including phenoxy) is 1. The van der Waals surface area contributed by atoms with E-state index in [2.05, 4.69) is 5.32 Å². The van der Waals surface area contributed by atoms with Gasteiger partial charge in [-0.15, -0.1) is 0 Å². The van der Waals surface area contributed by atoms with Crippen molar-refractivity contribution in [1.82, 2.24) is 10.2 Å². The maximum absolute atomic E-state index is 13.1. The van der Waals surface area contributed by atoms with Gasteiger partial charge in [0, 0.05) is 18.5 Å². The Morgan fingerprint density at radius 1 is 1.06 bits per heavy atom. The summed E-state index contributed by atoms with van der Waals surface area (Å²) in [7, 11) is 1.35. The molecule has 2 rings (SSSR count). The van der Waals surface area contributed by atoms with Gasteiger partial charge >= 0.3 is 6.18 Å². The summed E-state index contributed by atoms with van der Waals surface area (Å²) >= 11 is 5.90. The lowest BCUT2D eigenvalue weighted by Crippen LogP contribution is -2.56. The lowest BCUT2D eigenvalue weighted by molar-refractivity contribution is -0.175. The van der Waals surface area contributed by atoms with Gasteiger partial charge in [-0.25, -0.2) is 0 Å². The standard InChI is InChI=1S/C24H26ClF3N2O4/c1-15(2)21(22(32)24(26,27)28)29-23(33)19(12-16-8-5-4-6-9-16)30(3)20(31)14-34-18-11-7-10-17(25)13-18/h4-11,13,15,19,21H,12,14H2,1-3H3,(H,29,33)/t19-,21-/m0/s1. The van der Waals surface area contributed by atoms with Gasteiger partial charge in [0.25, 0.3) is 11.7 Å². The number of amides is 2. The van der Waals surface area contributed by atoms with E-state index in [1.807, 2.05) is 0 Å². The molecule has 0 unspecified atom stereocenters. The van der Waals surface area contributed by atoms with E-state index in [1.165, 1.54) is 27.0 Å². The van der Waals surface area contributed by atoms with Crippen LogP contribution in [0.25, 0.3) is 0 Å². The Kier molecular flexibility index (Phi) is 9.49. The van der Waals surface area contributed by atoms with Gasteiger partial charge in [0.1, 0.15) is 11.8 Å². The number of ketones is 1. The molecule has 0 bridgehead atoms. The molecule has 2 aromatic rings. The summed E-state index contributed by atoms with van der Waals surface area (Å²) in [5, 5.41) is 2.61. The number of halogens is 4. The Morgan fingerprint density at radius 2 is 1.71 bits per heavy atom. The van der Waals surface area contributed by atoms with Crippen LogP contribution in [0.5, 0.6) is 5.75 Å². The molecule has 0 aromatic heterocycles. The van der Waals surface area contributed by atoms with Gasteiger partial charge in [-0.05, 0) is 29.7 Å². The van der Waals surface area contributed by atoms with Crippen molar-refractivity contribution in [2.24, 2.45) is 5.92 Å². The Labute approximate surface area is 201 Å². The van der Waals surface area contributed by atoms with Gasteiger partial charge in [0.15, 0.2) is 6.61 Å². The summed E-state index contributed by atoms with van der Waals surface area (Å²) in [4.78, 5) is 38.8. The first-order chi connectivity index (χ1) is 15.9. The number of benzene rings is 2. The highest BCUT2D eigenvalue weighted by Crippen LogP contribution is 2.22. The van der Waals surface area contributed by atoms with Crippen LogP contribution in [0.1, 0.15) is 19.4 Å². The molecular weight excluding hydrogens is 473 g/mol. The lowest BCUT2D eigenvalue weighted by atomic mass is 9.97. The first-order valence-electron chi connectivity index (χ1n) is 10.5. The fourth-order valence-electron chi connectivity index (χ4n) is 3.18. The monoisotopic (exact) mass is 498 g/mol. The third-order valence-electron chi connectivity index (χ3n) is 5.12. The summed E-state index contributed by atoms with van der Waals surface area (Å²) in [5.74, 6) is -3.98. The zero-order valence-electron chi connectivity index (χ0n) is 18.9. The first-order valence-corrected chi connectivity index (χ1v) is 10.9. The Morgan fingerprint density at radius 3 is 2.26 bits per heavy atom. The zero-order chi connectivity index (χ0) is 25.5. The van der Waals surface area contributed by atoms with E-state index in [4.69, 9.17) is 16.3 Å². The van der Waals surface area contributed by atoms with Crippen LogP contribution in [0.4, 0.5) is 13.2 Å². The predicted octanol–water partition coefficient (Wildman–Crippen LogP) is 4.06. The van der Waals surface area contributed by atoms with Gasteiger partial charge < -0.3 is 15.0 Å². The van der Waals surface area contributed by atoms with Gasteiger partial charge in [-0.3, -0.25) is 14.4 Å². The molecule has 0 heterocycles. The molecule has 0 aliphatic carbocycles. The number of nitrogens with zero attached hydrogens (tertiary/aromatic N) is 1. The highest BCUT2D eigenvalue weighted by Gasteiger charge is 2.45. The Bertz CT molecular complexity index is 999. The summed E-state index contributed by atoms with van der Waals surface area (Å²) in [5.41, 5.74) is 0.682. The molecule has 0 spiro atoms.